The van der Waals surface area contributed by atoms with Gasteiger partial charge >= 0.3 is 0 Å². The lowest BCUT2D eigenvalue weighted by atomic mass is 9.79. The van der Waals surface area contributed by atoms with Crippen LogP contribution in [0.1, 0.15) is 52.7 Å². The van der Waals surface area contributed by atoms with Gasteiger partial charge in [-0.25, -0.2) is 0 Å². The molecular formula is C15H23OS. The fourth-order valence-corrected chi connectivity index (χ4v) is 2.24. The quantitative estimate of drug-likeness (QED) is 0.718. The van der Waals surface area contributed by atoms with Crippen molar-refractivity contribution in [3.05, 3.63) is 29.5 Å². The SMILES string of the molecule is [CH2]Sc1cc(C(C)(C)C)c(O)c(C(C)(C)C)c1. The first-order valence-corrected chi connectivity index (χ1v) is 6.86. The summed E-state index contributed by atoms with van der Waals surface area (Å²) < 4.78 is 0. The topological polar surface area (TPSA) is 20.2 Å². The molecule has 0 aliphatic rings. The van der Waals surface area contributed by atoms with Crippen LogP contribution in [0, 0.1) is 6.26 Å². The maximum atomic E-state index is 10.5. The van der Waals surface area contributed by atoms with Crippen LogP contribution in [-0.2, 0) is 10.8 Å². The van der Waals surface area contributed by atoms with Crippen LogP contribution in [-0.4, -0.2) is 5.11 Å². The fraction of sp³-hybridized carbons (Fsp3) is 0.533. The molecule has 1 nitrogen and oxygen atoms in total. The van der Waals surface area contributed by atoms with Crippen molar-refractivity contribution in [3.8, 4) is 5.75 Å². The Hall–Kier alpha value is -0.630. The van der Waals surface area contributed by atoms with Crippen molar-refractivity contribution in [2.75, 3.05) is 0 Å². The molecule has 1 aromatic rings. The second-order valence-electron chi connectivity index (χ2n) is 6.51. The molecule has 2 heteroatoms. The molecular weight excluding hydrogens is 228 g/mol. The molecule has 0 aliphatic carbocycles. The van der Waals surface area contributed by atoms with E-state index in [0.717, 1.165) is 16.0 Å². The van der Waals surface area contributed by atoms with Crippen LogP contribution in [0.3, 0.4) is 0 Å². The fourth-order valence-electron chi connectivity index (χ4n) is 1.83. The van der Waals surface area contributed by atoms with Crippen molar-refractivity contribution in [1.29, 1.82) is 0 Å². The summed E-state index contributed by atoms with van der Waals surface area (Å²) in [6.45, 7) is 12.7. The minimum absolute atomic E-state index is 0.0597. The van der Waals surface area contributed by atoms with Crippen LogP contribution in [0.15, 0.2) is 17.0 Å². The molecule has 0 fully saturated rings. The van der Waals surface area contributed by atoms with Crippen LogP contribution in [0.25, 0.3) is 0 Å². The van der Waals surface area contributed by atoms with Gasteiger partial charge in [-0.15, -0.1) is 11.8 Å². The van der Waals surface area contributed by atoms with Crippen molar-refractivity contribution in [2.24, 2.45) is 0 Å². The summed E-state index contributed by atoms with van der Waals surface area (Å²) in [4.78, 5) is 1.11. The maximum absolute atomic E-state index is 10.5. The van der Waals surface area contributed by atoms with Gasteiger partial charge in [0.05, 0.1) is 0 Å². The predicted molar refractivity (Wildman–Crippen MR) is 76.7 cm³/mol. The lowest BCUT2D eigenvalue weighted by Crippen LogP contribution is -2.17. The number of hydrogen-bond acceptors (Lipinski definition) is 2. The minimum Gasteiger partial charge on any atom is -0.507 e. The standard InChI is InChI=1S/C15H23OS/c1-14(2,3)11-8-10(17-7)9-12(13(11)16)15(4,5)6/h8-9,16H,7H2,1-6H3. The van der Waals surface area contributed by atoms with Crippen molar-refractivity contribution in [2.45, 2.75) is 57.3 Å². The minimum atomic E-state index is -0.0597. The number of benzene rings is 1. The van der Waals surface area contributed by atoms with Crippen LogP contribution < -0.4 is 0 Å². The van der Waals surface area contributed by atoms with Crippen LogP contribution in [0.2, 0.25) is 0 Å². The van der Waals surface area contributed by atoms with Crippen LogP contribution in [0.4, 0.5) is 0 Å². The van der Waals surface area contributed by atoms with E-state index in [2.05, 4.69) is 47.8 Å². The lowest BCUT2D eigenvalue weighted by molar-refractivity contribution is 0.422. The van der Waals surface area contributed by atoms with Gasteiger partial charge in [-0.05, 0) is 23.0 Å². The Labute approximate surface area is 110 Å². The Kier molecular flexibility index (Phi) is 3.87. The Bertz CT molecular complexity index is 373. The summed E-state index contributed by atoms with van der Waals surface area (Å²) in [5, 5.41) is 10.5. The molecule has 0 atom stereocenters. The van der Waals surface area contributed by atoms with E-state index in [4.69, 9.17) is 0 Å². The summed E-state index contributed by atoms with van der Waals surface area (Å²) in [5.74, 6) is 0.433. The average Bonchev–Trinajstić information content (AvgIpc) is 2.14. The Morgan fingerprint density at radius 1 is 0.941 bits per heavy atom. The largest absolute Gasteiger partial charge is 0.507 e. The van der Waals surface area contributed by atoms with Gasteiger partial charge in [0.2, 0.25) is 0 Å². The molecule has 0 heterocycles. The third-order valence-electron chi connectivity index (χ3n) is 2.87. The van der Waals surface area contributed by atoms with E-state index >= 15 is 0 Å². The second kappa shape index (κ2) is 4.56. The van der Waals surface area contributed by atoms with Crippen LogP contribution >= 0.6 is 11.8 Å². The Balaban J connectivity index is 3.53. The van der Waals surface area contributed by atoms with E-state index in [1.165, 1.54) is 11.8 Å². The molecule has 1 rings (SSSR count). The molecule has 0 aliphatic heterocycles. The molecule has 1 N–H and O–H groups in total. The van der Waals surface area contributed by atoms with Crippen molar-refractivity contribution in [3.63, 3.8) is 0 Å². The van der Waals surface area contributed by atoms with Crippen molar-refractivity contribution in [1.82, 2.24) is 0 Å². The number of phenolic OH excluding ortho intramolecular Hbond substituents is 1. The van der Waals surface area contributed by atoms with Crippen molar-refractivity contribution >= 4 is 11.8 Å². The molecule has 1 radical (unpaired) electrons. The molecule has 0 saturated heterocycles. The average molecular weight is 251 g/mol. The number of thioether (sulfide) groups is 1. The lowest BCUT2D eigenvalue weighted by Gasteiger charge is -2.27. The first-order valence-electron chi connectivity index (χ1n) is 5.87. The third-order valence-corrected chi connectivity index (χ3v) is 3.44. The Morgan fingerprint density at radius 3 is 1.53 bits per heavy atom. The number of aromatic hydroxyl groups is 1. The summed E-state index contributed by atoms with van der Waals surface area (Å²) in [7, 11) is 0. The van der Waals surface area contributed by atoms with Crippen molar-refractivity contribution < 1.29 is 5.11 Å². The highest BCUT2D eigenvalue weighted by Crippen LogP contribution is 2.41. The first-order chi connectivity index (χ1) is 7.57. The highest BCUT2D eigenvalue weighted by atomic mass is 32.2. The summed E-state index contributed by atoms with van der Waals surface area (Å²) in [5.41, 5.74) is 1.87. The summed E-state index contributed by atoms with van der Waals surface area (Å²) >= 11 is 1.48. The van der Waals surface area contributed by atoms with E-state index in [1.54, 1.807) is 0 Å². The first kappa shape index (κ1) is 14.4. The molecule has 95 valence electrons. The maximum Gasteiger partial charge on any atom is 0.123 e. The van der Waals surface area contributed by atoms with E-state index in [9.17, 15) is 5.11 Å². The summed E-state index contributed by atoms with van der Waals surface area (Å²) in [6, 6.07) is 4.09. The van der Waals surface area contributed by atoms with Gasteiger partial charge in [-0.1, -0.05) is 41.5 Å². The number of rotatable bonds is 1. The van der Waals surface area contributed by atoms with Gasteiger partial charge in [0.15, 0.2) is 0 Å². The van der Waals surface area contributed by atoms with Gasteiger partial charge in [0.25, 0.3) is 0 Å². The van der Waals surface area contributed by atoms with E-state index in [1.807, 2.05) is 12.1 Å². The predicted octanol–water partition coefficient (Wildman–Crippen LogP) is 4.87. The van der Waals surface area contributed by atoms with Gasteiger partial charge in [0, 0.05) is 22.3 Å². The Morgan fingerprint density at radius 2 is 1.29 bits per heavy atom. The molecule has 0 bridgehead atoms. The highest BCUT2D eigenvalue weighted by Gasteiger charge is 2.26. The van der Waals surface area contributed by atoms with E-state index in [-0.39, 0.29) is 10.8 Å². The van der Waals surface area contributed by atoms with E-state index in [0.29, 0.717) is 5.75 Å². The summed E-state index contributed by atoms with van der Waals surface area (Å²) in [6.07, 6.45) is 3.87. The van der Waals surface area contributed by atoms with Gasteiger partial charge in [-0.3, -0.25) is 0 Å². The molecule has 0 aromatic heterocycles. The van der Waals surface area contributed by atoms with Crippen LogP contribution in [0.5, 0.6) is 5.75 Å². The zero-order chi connectivity index (χ0) is 13.4. The number of hydrogen-bond donors (Lipinski definition) is 1. The normalized spacial score (nSPS) is 12.9. The van der Waals surface area contributed by atoms with Gasteiger partial charge < -0.3 is 5.11 Å². The van der Waals surface area contributed by atoms with E-state index < -0.39 is 0 Å². The third kappa shape index (κ3) is 3.19. The van der Waals surface area contributed by atoms with Gasteiger partial charge in [-0.2, -0.15) is 0 Å². The molecule has 0 amide bonds. The molecule has 1 aromatic carbocycles. The zero-order valence-corrected chi connectivity index (χ0v) is 12.5. The second-order valence-corrected chi connectivity index (χ2v) is 7.27. The number of phenols is 1. The molecule has 17 heavy (non-hydrogen) atoms. The molecule has 0 spiro atoms. The zero-order valence-electron chi connectivity index (χ0n) is 11.7. The highest BCUT2D eigenvalue weighted by molar-refractivity contribution is 8.00. The monoisotopic (exact) mass is 251 g/mol. The smallest absolute Gasteiger partial charge is 0.123 e. The molecule has 0 unspecified atom stereocenters. The van der Waals surface area contributed by atoms with Gasteiger partial charge in [0.1, 0.15) is 5.75 Å². The molecule has 0 saturated carbocycles.